The van der Waals surface area contributed by atoms with Crippen LogP contribution < -0.4 is 4.52 Å². The lowest BCUT2D eigenvalue weighted by molar-refractivity contribution is 0.281. The standard InChI is InChI=1S/C9H11ClIO3P/c10-15(12,13-8-4-7-11)14-9-5-2-1-3-6-9/h1-3,5-6H,4,7-8H2. The fourth-order valence-corrected chi connectivity index (χ4v) is 2.39. The van der Waals surface area contributed by atoms with Gasteiger partial charge in [0.25, 0.3) is 0 Å². The van der Waals surface area contributed by atoms with Crippen molar-refractivity contribution in [1.82, 2.24) is 0 Å². The first kappa shape index (κ1) is 13.3. The molecule has 1 aromatic rings. The molecule has 84 valence electrons. The van der Waals surface area contributed by atoms with E-state index in [0.29, 0.717) is 12.4 Å². The van der Waals surface area contributed by atoms with Gasteiger partial charge in [0.1, 0.15) is 5.75 Å². The molecule has 0 heterocycles. The number of benzene rings is 1. The summed E-state index contributed by atoms with van der Waals surface area (Å²) in [4.78, 5) is 0. The van der Waals surface area contributed by atoms with Gasteiger partial charge in [-0.3, -0.25) is 4.52 Å². The molecule has 0 amide bonds. The molecule has 0 aromatic heterocycles. The second kappa shape index (κ2) is 6.74. The van der Waals surface area contributed by atoms with E-state index >= 15 is 0 Å². The SMILES string of the molecule is O=P(Cl)(OCCCI)Oc1ccccc1. The van der Waals surface area contributed by atoms with Crippen LogP contribution in [0.1, 0.15) is 6.42 Å². The fourth-order valence-electron chi connectivity index (χ4n) is 0.862. The van der Waals surface area contributed by atoms with Crippen LogP contribution in [-0.2, 0) is 9.09 Å². The summed E-state index contributed by atoms with van der Waals surface area (Å²) in [6.45, 7) is -3.13. The van der Waals surface area contributed by atoms with E-state index in [1.165, 1.54) is 0 Å². The van der Waals surface area contributed by atoms with Crippen molar-refractivity contribution in [3.8, 4) is 5.75 Å². The zero-order valence-corrected chi connectivity index (χ0v) is 11.7. The number of rotatable bonds is 6. The molecule has 0 N–H and O–H groups in total. The predicted molar refractivity (Wildman–Crippen MR) is 70.0 cm³/mol. The maximum Gasteiger partial charge on any atom is 0.476 e. The Kier molecular flexibility index (Phi) is 5.97. The van der Waals surface area contributed by atoms with E-state index in [0.717, 1.165) is 10.8 Å². The third-order valence-corrected chi connectivity index (χ3v) is 3.66. The van der Waals surface area contributed by atoms with Crippen molar-refractivity contribution in [2.45, 2.75) is 6.42 Å². The number of hydrogen-bond donors (Lipinski definition) is 0. The fraction of sp³-hybridized carbons (Fsp3) is 0.333. The van der Waals surface area contributed by atoms with E-state index in [1.807, 2.05) is 6.07 Å². The van der Waals surface area contributed by atoms with Crippen LogP contribution >= 0.6 is 40.8 Å². The average molecular weight is 361 g/mol. The van der Waals surface area contributed by atoms with Gasteiger partial charge >= 0.3 is 6.95 Å². The summed E-state index contributed by atoms with van der Waals surface area (Å²) in [5.41, 5.74) is 0. The Balaban J connectivity index is 2.46. The molecule has 0 radical (unpaired) electrons. The van der Waals surface area contributed by atoms with Gasteiger partial charge in [0, 0.05) is 15.7 Å². The molecule has 1 atom stereocenters. The third kappa shape index (κ3) is 5.76. The van der Waals surface area contributed by atoms with E-state index < -0.39 is 6.95 Å². The Hall–Kier alpha value is 0.230. The summed E-state index contributed by atoms with van der Waals surface area (Å²) < 4.78 is 22.5. The molecule has 1 aromatic carbocycles. The third-order valence-electron chi connectivity index (χ3n) is 1.48. The molecule has 1 unspecified atom stereocenters. The molecule has 6 heteroatoms. The quantitative estimate of drug-likeness (QED) is 0.329. The first-order valence-corrected chi connectivity index (χ1v) is 8.36. The molecule has 15 heavy (non-hydrogen) atoms. The minimum absolute atomic E-state index is 0.344. The number of halogens is 2. The van der Waals surface area contributed by atoms with Crippen molar-refractivity contribution < 1.29 is 13.6 Å². The first-order chi connectivity index (χ1) is 7.14. The number of para-hydroxylation sites is 1. The molecule has 0 saturated heterocycles. The van der Waals surface area contributed by atoms with Gasteiger partial charge in [0.05, 0.1) is 6.61 Å². The molecular weight excluding hydrogens is 349 g/mol. The van der Waals surface area contributed by atoms with Gasteiger partial charge in [-0.15, -0.1) is 0 Å². The molecule has 3 nitrogen and oxygen atoms in total. The monoisotopic (exact) mass is 360 g/mol. The second-order valence-corrected chi connectivity index (χ2v) is 6.33. The molecule has 0 fully saturated rings. The van der Waals surface area contributed by atoms with Gasteiger partial charge in [-0.1, -0.05) is 40.8 Å². The van der Waals surface area contributed by atoms with Crippen LogP contribution in [0.2, 0.25) is 0 Å². The zero-order chi connectivity index (χ0) is 11.1. The Morgan fingerprint density at radius 3 is 2.60 bits per heavy atom. The van der Waals surface area contributed by atoms with Crippen LogP contribution in [-0.4, -0.2) is 11.0 Å². The molecular formula is C9H11ClIO3P. The molecule has 0 aliphatic carbocycles. The van der Waals surface area contributed by atoms with E-state index in [1.54, 1.807) is 24.3 Å². The van der Waals surface area contributed by atoms with Gasteiger partial charge in [0.15, 0.2) is 0 Å². The van der Waals surface area contributed by atoms with Crippen LogP contribution in [0.5, 0.6) is 5.75 Å². The highest BCUT2D eigenvalue weighted by molar-refractivity contribution is 14.1. The summed E-state index contributed by atoms with van der Waals surface area (Å²) >= 11 is 7.82. The van der Waals surface area contributed by atoms with Crippen molar-refractivity contribution >= 4 is 40.8 Å². The molecule has 0 aliphatic heterocycles. The molecule has 1 rings (SSSR count). The summed E-state index contributed by atoms with van der Waals surface area (Å²) in [5, 5.41) is 0. The van der Waals surface area contributed by atoms with Crippen LogP contribution in [0.3, 0.4) is 0 Å². The van der Waals surface area contributed by atoms with Crippen LogP contribution in [0.15, 0.2) is 30.3 Å². The Morgan fingerprint density at radius 1 is 1.33 bits per heavy atom. The topological polar surface area (TPSA) is 35.5 Å². The highest BCUT2D eigenvalue weighted by atomic mass is 127. The molecule has 0 saturated carbocycles. The van der Waals surface area contributed by atoms with Crippen LogP contribution in [0.4, 0.5) is 0 Å². The summed E-state index contributed by atoms with van der Waals surface area (Å²) in [5.74, 6) is 0.449. The lowest BCUT2D eigenvalue weighted by Crippen LogP contribution is -1.95. The highest BCUT2D eigenvalue weighted by Crippen LogP contribution is 2.53. The van der Waals surface area contributed by atoms with Crippen molar-refractivity contribution in [2.75, 3.05) is 11.0 Å². The second-order valence-electron chi connectivity index (χ2n) is 2.71. The Morgan fingerprint density at radius 2 is 2.00 bits per heavy atom. The minimum atomic E-state index is -3.48. The number of alkyl halides is 1. The summed E-state index contributed by atoms with van der Waals surface area (Å²) in [7, 11) is 0. The van der Waals surface area contributed by atoms with E-state index in [2.05, 4.69) is 22.6 Å². The van der Waals surface area contributed by atoms with Crippen molar-refractivity contribution in [3.05, 3.63) is 30.3 Å². The van der Waals surface area contributed by atoms with Crippen LogP contribution in [0, 0.1) is 0 Å². The van der Waals surface area contributed by atoms with Gasteiger partial charge in [0.2, 0.25) is 0 Å². The number of hydrogen-bond acceptors (Lipinski definition) is 3. The lowest BCUT2D eigenvalue weighted by Gasteiger charge is -2.11. The summed E-state index contributed by atoms with van der Waals surface area (Å²) in [6.07, 6.45) is 0.801. The average Bonchev–Trinajstić information content (AvgIpc) is 2.18. The molecule has 0 aliphatic rings. The normalized spacial score (nSPS) is 14.5. The van der Waals surface area contributed by atoms with Gasteiger partial charge in [-0.25, -0.2) is 4.57 Å². The highest BCUT2D eigenvalue weighted by Gasteiger charge is 2.21. The maximum atomic E-state index is 11.6. The molecule has 0 bridgehead atoms. The largest absolute Gasteiger partial charge is 0.476 e. The Labute approximate surface area is 108 Å². The molecule has 0 spiro atoms. The predicted octanol–water partition coefficient (Wildman–Crippen LogP) is 4.25. The lowest BCUT2D eigenvalue weighted by atomic mass is 10.3. The van der Waals surface area contributed by atoms with Crippen molar-refractivity contribution in [1.29, 1.82) is 0 Å². The van der Waals surface area contributed by atoms with Crippen molar-refractivity contribution in [2.24, 2.45) is 0 Å². The summed E-state index contributed by atoms with van der Waals surface area (Å²) in [6, 6.07) is 8.74. The van der Waals surface area contributed by atoms with Crippen molar-refractivity contribution in [3.63, 3.8) is 0 Å². The first-order valence-electron chi connectivity index (χ1n) is 4.39. The zero-order valence-electron chi connectivity index (χ0n) is 7.94. The van der Waals surface area contributed by atoms with Gasteiger partial charge in [-0.05, 0) is 18.6 Å². The smallest absolute Gasteiger partial charge is 0.413 e. The minimum Gasteiger partial charge on any atom is -0.413 e. The Bertz CT molecular complexity index is 333. The van der Waals surface area contributed by atoms with E-state index in [-0.39, 0.29) is 0 Å². The van der Waals surface area contributed by atoms with E-state index in [9.17, 15) is 4.57 Å². The van der Waals surface area contributed by atoms with E-state index in [4.69, 9.17) is 20.3 Å². The van der Waals surface area contributed by atoms with Gasteiger partial charge < -0.3 is 4.52 Å². The van der Waals surface area contributed by atoms with Crippen LogP contribution in [0.25, 0.3) is 0 Å². The maximum absolute atomic E-state index is 11.6. The van der Waals surface area contributed by atoms with Gasteiger partial charge in [-0.2, -0.15) is 0 Å².